The Bertz CT molecular complexity index is 631. The lowest BCUT2D eigenvalue weighted by molar-refractivity contribution is -0.118. The van der Waals surface area contributed by atoms with Crippen LogP contribution in [0.4, 0.5) is 14.9 Å². The molecule has 0 spiro atoms. The van der Waals surface area contributed by atoms with Gasteiger partial charge in [-0.15, -0.1) is 11.3 Å². The summed E-state index contributed by atoms with van der Waals surface area (Å²) in [5.74, 6) is -0.979. The van der Waals surface area contributed by atoms with E-state index in [0.717, 1.165) is 4.88 Å². The van der Waals surface area contributed by atoms with Crippen LogP contribution in [-0.4, -0.2) is 25.0 Å². The number of anilines is 1. The fraction of sp³-hybridized carbons (Fsp3) is 0.200. The monoisotopic (exact) mass is 321 g/mol. The molecule has 7 heteroatoms. The minimum absolute atomic E-state index is 0.181. The highest BCUT2D eigenvalue weighted by atomic mass is 32.1. The summed E-state index contributed by atoms with van der Waals surface area (Å²) in [6.45, 7) is 0.264. The van der Waals surface area contributed by atoms with E-state index in [-0.39, 0.29) is 12.2 Å². The van der Waals surface area contributed by atoms with Gasteiger partial charge >= 0.3 is 6.03 Å². The highest BCUT2D eigenvalue weighted by Gasteiger charge is 2.08. The number of amides is 3. The quantitative estimate of drug-likeness (QED) is 0.765. The minimum Gasteiger partial charge on any atom is -0.374 e. The predicted octanol–water partition coefficient (Wildman–Crippen LogP) is 2.37. The van der Waals surface area contributed by atoms with Crippen molar-refractivity contribution in [1.82, 2.24) is 10.6 Å². The summed E-state index contributed by atoms with van der Waals surface area (Å²) in [7, 11) is 0. The SMILES string of the molecule is O=C(CNc1ccccc1F)NC(=O)NCCc1cccs1. The topological polar surface area (TPSA) is 70.2 Å². The average molecular weight is 321 g/mol. The van der Waals surface area contributed by atoms with Crippen molar-refractivity contribution >= 4 is 29.0 Å². The van der Waals surface area contributed by atoms with Gasteiger partial charge in [-0.1, -0.05) is 18.2 Å². The van der Waals surface area contributed by atoms with Crippen molar-refractivity contribution < 1.29 is 14.0 Å². The van der Waals surface area contributed by atoms with Crippen LogP contribution in [0.2, 0.25) is 0 Å². The van der Waals surface area contributed by atoms with Gasteiger partial charge in [0, 0.05) is 11.4 Å². The van der Waals surface area contributed by atoms with Gasteiger partial charge < -0.3 is 10.6 Å². The van der Waals surface area contributed by atoms with E-state index < -0.39 is 17.8 Å². The molecule has 2 rings (SSSR count). The van der Waals surface area contributed by atoms with Crippen molar-refractivity contribution in [3.63, 3.8) is 0 Å². The summed E-state index contributed by atoms with van der Waals surface area (Å²) < 4.78 is 13.3. The Balaban J connectivity index is 1.66. The fourth-order valence-corrected chi connectivity index (χ4v) is 2.46. The number of imide groups is 1. The minimum atomic E-state index is -0.558. The molecule has 5 nitrogen and oxygen atoms in total. The number of carbonyl (C=O) groups excluding carboxylic acids is 2. The first kappa shape index (κ1) is 16.0. The summed E-state index contributed by atoms with van der Waals surface area (Å²) in [6.07, 6.45) is 0.715. The van der Waals surface area contributed by atoms with E-state index >= 15 is 0 Å². The van der Waals surface area contributed by atoms with Gasteiger partial charge in [0.25, 0.3) is 0 Å². The molecule has 3 N–H and O–H groups in total. The zero-order valence-corrected chi connectivity index (χ0v) is 12.6. The van der Waals surface area contributed by atoms with Gasteiger partial charge in [0.05, 0.1) is 12.2 Å². The normalized spacial score (nSPS) is 10.0. The molecule has 22 heavy (non-hydrogen) atoms. The molecule has 0 radical (unpaired) electrons. The van der Waals surface area contributed by atoms with E-state index in [2.05, 4.69) is 16.0 Å². The number of urea groups is 1. The molecule has 0 unspecified atom stereocenters. The number of carbonyl (C=O) groups is 2. The summed E-state index contributed by atoms with van der Waals surface area (Å²) in [5.41, 5.74) is 0.218. The first-order valence-corrected chi connectivity index (χ1v) is 7.61. The van der Waals surface area contributed by atoms with Gasteiger partial charge in [-0.25, -0.2) is 9.18 Å². The van der Waals surface area contributed by atoms with E-state index in [9.17, 15) is 14.0 Å². The van der Waals surface area contributed by atoms with Crippen LogP contribution in [0.1, 0.15) is 4.88 Å². The predicted molar refractivity (Wildman–Crippen MR) is 84.5 cm³/mol. The molecule has 0 aliphatic heterocycles. The van der Waals surface area contributed by atoms with E-state index in [1.54, 1.807) is 23.5 Å². The van der Waals surface area contributed by atoms with E-state index in [4.69, 9.17) is 0 Å². The van der Waals surface area contributed by atoms with Crippen LogP contribution in [0.3, 0.4) is 0 Å². The molecule has 1 aromatic carbocycles. The molecule has 116 valence electrons. The van der Waals surface area contributed by atoms with Gasteiger partial charge in [-0.05, 0) is 30.0 Å². The second-order valence-corrected chi connectivity index (χ2v) is 5.50. The van der Waals surface area contributed by atoms with Crippen LogP contribution in [0.25, 0.3) is 0 Å². The second-order valence-electron chi connectivity index (χ2n) is 4.47. The van der Waals surface area contributed by atoms with E-state index in [1.165, 1.54) is 12.1 Å². The summed E-state index contributed by atoms with van der Waals surface area (Å²) in [4.78, 5) is 24.3. The number of rotatable bonds is 6. The molecule has 0 aliphatic carbocycles. The molecule has 0 saturated heterocycles. The van der Waals surface area contributed by atoms with Gasteiger partial charge in [-0.2, -0.15) is 0 Å². The Labute approximate surface area is 131 Å². The van der Waals surface area contributed by atoms with Crippen molar-refractivity contribution in [2.75, 3.05) is 18.4 Å². The third kappa shape index (κ3) is 5.17. The number of thiophene rings is 1. The summed E-state index contributed by atoms with van der Waals surface area (Å²) >= 11 is 1.61. The maximum Gasteiger partial charge on any atom is 0.321 e. The van der Waals surface area contributed by atoms with Crippen molar-refractivity contribution in [2.24, 2.45) is 0 Å². The van der Waals surface area contributed by atoms with Gasteiger partial charge in [-0.3, -0.25) is 10.1 Å². The van der Waals surface area contributed by atoms with Gasteiger partial charge in [0.15, 0.2) is 0 Å². The number of benzene rings is 1. The Kier molecular flexibility index (Phi) is 5.91. The molecule has 2 aromatic rings. The van der Waals surface area contributed by atoms with Crippen LogP contribution < -0.4 is 16.0 Å². The Morgan fingerprint density at radius 2 is 1.95 bits per heavy atom. The summed E-state index contributed by atoms with van der Waals surface area (Å²) in [6, 6.07) is 9.38. The molecule has 0 aliphatic rings. The third-order valence-corrected chi connectivity index (χ3v) is 3.74. The maximum atomic E-state index is 13.3. The van der Waals surface area contributed by atoms with E-state index in [1.807, 2.05) is 17.5 Å². The number of nitrogens with one attached hydrogen (secondary N) is 3. The first-order valence-electron chi connectivity index (χ1n) is 6.73. The number of hydrogen-bond donors (Lipinski definition) is 3. The van der Waals surface area contributed by atoms with Crippen LogP contribution in [0.5, 0.6) is 0 Å². The molecular formula is C15H16FN3O2S. The zero-order chi connectivity index (χ0) is 15.8. The Morgan fingerprint density at radius 1 is 1.14 bits per heavy atom. The first-order chi connectivity index (χ1) is 10.6. The lowest BCUT2D eigenvalue weighted by atomic mass is 10.3. The maximum absolute atomic E-state index is 13.3. The highest BCUT2D eigenvalue weighted by Crippen LogP contribution is 2.11. The number of hydrogen-bond acceptors (Lipinski definition) is 4. The van der Waals surface area contributed by atoms with Crippen LogP contribution in [0, 0.1) is 5.82 Å². The molecule has 0 saturated carbocycles. The third-order valence-electron chi connectivity index (χ3n) is 2.80. The fourth-order valence-electron chi connectivity index (χ4n) is 1.75. The Morgan fingerprint density at radius 3 is 2.68 bits per heavy atom. The van der Waals surface area contributed by atoms with Crippen LogP contribution in [-0.2, 0) is 11.2 Å². The van der Waals surface area contributed by atoms with Gasteiger partial charge in [0.2, 0.25) is 5.91 Å². The number of halogens is 1. The van der Waals surface area contributed by atoms with E-state index in [0.29, 0.717) is 13.0 Å². The molecule has 3 amide bonds. The number of para-hydroxylation sites is 1. The molecule has 1 aromatic heterocycles. The molecule has 0 fully saturated rings. The molecule has 1 heterocycles. The van der Waals surface area contributed by atoms with Gasteiger partial charge in [0.1, 0.15) is 5.82 Å². The van der Waals surface area contributed by atoms with Crippen molar-refractivity contribution in [2.45, 2.75) is 6.42 Å². The average Bonchev–Trinajstić information content (AvgIpc) is 2.99. The second kappa shape index (κ2) is 8.14. The highest BCUT2D eigenvalue weighted by molar-refractivity contribution is 7.09. The Hall–Kier alpha value is -2.41. The lowest BCUT2D eigenvalue weighted by Gasteiger charge is -2.08. The molecule has 0 bridgehead atoms. The van der Waals surface area contributed by atoms with Crippen LogP contribution in [0.15, 0.2) is 41.8 Å². The standard InChI is InChI=1S/C15H16FN3O2S/c16-12-5-1-2-6-13(12)18-10-14(20)19-15(21)17-8-7-11-4-3-9-22-11/h1-6,9,18H,7-8,10H2,(H2,17,19,20,21). The van der Waals surface area contributed by atoms with Crippen molar-refractivity contribution in [3.8, 4) is 0 Å². The zero-order valence-electron chi connectivity index (χ0n) is 11.8. The summed E-state index contributed by atoms with van der Waals surface area (Å²) in [5, 5.41) is 9.37. The largest absolute Gasteiger partial charge is 0.374 e. The lowest BCUT2D eigenvalue weighted by Crippen LogP contribution is -2.42. The molecule has 0 atom stereocenters. The van der Waals surface area contributed by atoms with Crippen molar-refractivity contribution in [1.29, 1.82) is 0 Å². The smallest absolute Gasteiger partial charge is 0.321 e. The van der Waals surface area contributed by atoms with Crippen molar-refractivity contribution in [3.05, 3.63) is 52.5 Å². The molecular weight excluding hydrogens is 305 g/mol. The van der Waals surface area contributed by atoms with Crippen LogP contribution >= 0.6 is 11.3 Å².